The first-order valence-electron chi connectivity index (χ1n) is 10.7. The Morgan fingerprint density at radius 1 is 1.17 bits per heavy atom. The summed E-state index contributed by atoms with van der Waals surface area (Å²) < 4.78 is 34.3. The van der Waals surface area contributed by atoms with E-state index in [0.717, 1.165) is 19.3 Å². The maximum absolute atomic E-state index is 13.2. The third-order valence-corrected chi connectivity index (χ3v) is 8.46. The van der Waals surface area contributed by atoms with Gasteiger partial charge in [-0.05, 0) is 43.7 Å². The number of amides is 1. The van der Waals surface area contributed by atoms with Gasteiger partial charge in [0.15, 0.2) is 5.58 Å². The van der Waals surface area contributed by atoms with Crippen LogP contribution in [-0.2, 0) is 21.9 Å². The topological polar surface area (TPSA) is 102 Å². The normalized spacial score (nSPS) is 26.0. The Kier molecular flexibility index (Phi) is 5.76. The van der Waals surface area contributed by atoms with Crippen molar-refractivity contribution in [3.05, 3.63) is 28.7 Å². The lowest BCUT2D eigenvalue weighted by Crippen LogP contribution is -2.49. The first-order valence-corrected chi connectivity index (χ1v) is 12.1. The van der Waals surface area contributed by atoms with E-state index in [1.807, 2.05) is 0 Å². The monoisotopic (exact) mass is 435 g/mol. The average molecular weight is 436 g/mol. The highest BCUT2D eigenvalue weighted by Gasteiger charge is 2.35. The van der Waals surface area contributed by atoms with Crippen LogP contribution in [0.2, 0.25) is 0 Å². The van der Waals surface area contributed by atoms with E-state index in [0.29, 0.717) is 30.8 Å². The number of carbonyl (C=O) groups excluding carboxylic acids is 1. The van der Waals surface area contributed by atoms with Gasteiger partial charge in [0.05, 0.1) is 16.3 Å². The first-order chi connectivity index (χ1) is 14.3. The molecule has 3 atom stereocenters. The number of sulfonamides is 1. The highest BCUT2D eigenvalue weighted by Crippen LogP contribution is 2.28. The molecule has 1 saturated heterocycles. The van der Waals surface area contributed by atoms with Gasteiger partial charge in [0, 0.05) is 32.2 Å². The second-order valence-electron chi connectivity index (χ2n) is 8.64. The molecular formula is C21H29N3O5S. The third kappa shape index (κ3) is 3.92. The zero-order valence-corrected chi connectivity index (χ0v) is 18.3. The van der Waals surface area contributed by atoms with Gasteiger partial charge in [-0.3, -0.25) is 9.36 Å². The summed E-state index contributed by atoms with van der Waals surface area (Å²) in [5, 5.41) is 3.17. The molecule has 0 spiro atoms. The van der Waals surface area contributed by atoms with Crippen molar-refractivity contribution in [2.75, 3.05) is 13.1 Å². The van der Waals surface area contributed by atoms with Crippen molar-refractivity contribution < 1.29 is 17.6 Å². The number of oxazole rings is 1. The molecule has 1 aromatic carbocycles. The summed E-state index contributed by atoms with van der Waals surface area (Å²) in [5.74, 6) is -0.469. The zero-order chi connectivity index (χ0) is 21.5. The number of aryl methyl sites for hydroxylation is 1. The fraction of sp³-hybridized carbons (Fsp3) is 0.619. The molecule has 30 heavy (non-hydrogen) atoms. The van der Waals surface area contributed by atoms with Crippen LogP contribution in [0, 0.1) is 11.8 Å². The fourth-order valence-corrected chi connectivity index (χ4v) is 6.17. The number of benzene rings is 1. The van der Waals surface area contributed by atoms with Gasteiger partial charge >= 0.3 is 5.76 Å². The lowest BCUT2D eigenvalue weighted by Gasteiger charge is -2.34. The molecule has 0 unspecified atom stereocenters. The van der Waals surface area contributed by atoms with Crippen LogP contribution in [0.3, 0.4) is 0 Å². The molecule has 1 aliphatic heterocycles. The molecule has 1 aromatic heterocycles. The molecule has 2 aromatic rings. The minimum absolute atomic E-state index is 0.0434. The number of nitrogens with zero attached hydrogens (tertiary/aromatic N) is 2. The molecule has 1 amide bonds. The van der Waals surface area contributed by atoms with Crippen LogP contribution in [0.15, 0.2) is 32.3 Å². The lowest BCUT2D eigenvalue weighted by atomic mass is 9.85. The second-order valence-corrected chi connectivity index (χ2v) is 10.6. The summed E-state index contributed by atoms with van der Waals surface area (Å²) in [6, 6.07) is 4.63. The van der Waals surface area contributed by atoms with Gasteiger partial charge in [0.2, 0.25) is 15.9 Å². The maximum Gasteiger partial charge on any atom is 0.419 e. The van der Waals surface area contributed by atoms with Gasteiger partial charge in [-0.1, -0.05) is 19.8 Å². The van der Waals surface area contributed by atoms with Crippen molar-refractivity contribution in [1.29, 1.82) is 0 Å². The SMILES string of the molecule is C[C@@H]1CCCC[C@@H]1NC(=O)[C@H]1CCCN(S(=O)(=O)c2ccc3c(c2)oc(=O)n3C)C1. The predicted molar refractivity (Wildman–Crippen MR) is 113 cm³/mol. The quantitative estimate of drug-likeness (QED) is 0.794. The first kappa shape index (κ1) is 21.1. The van der Waals surface area contributed by atoms with Gasteiger partial charge in [0.25, 0.3) is 0 Å². The Hall–Kier alpha value is -2.13. The van der Waals surface area contributed by atoms with E-state index in [1.54, 1.807) is 13.1 Å². The number of hydrogen-bond donors (Lipinski definition) is 1. The van der Waals surface area contributed by atoms with Crippen LogP contribution >= 0.6 is 0 Å². The number of hydrogen-bond acceptors (Lipinski definition) is 5. The van der Waals surface area contributed by atoms with Crippen LogP contribution in [0.1, 0.15) is 45.4 Å². The van der Waals surface area contributed by atoms with E-state index in [9.17, 15) is 18.0 Å². The van der Waals surface area contributed by atoms with Crippen LogP contribution in [-0.4, -0.2) is 42.3 Å². The molecule has 0 bridgehead atoms. The van der Waals surface area contributed by atoms with Crippen molar-refractivity contribution >= 4 is 27.0 Å². The molecule has 4 rings (SSSR count). The fourth-order valence-electron chi connectivity index (χ4n) is 4.63. The summed E-state index contributed by atoms with van der Waals surface area (Å²) in [6.45, 7) is 2.72. The number of rotatable bonds is 4. The number of nitrogens with one attached hydrogen (secondary N) is 1. The Balaban J connectivity index is 1.50. The van der Waals surface area contributed by atoms with Crippen molar-refractivity contribution in [3.63, 3.8) is 0 Å². The Bertz CT molecular complexity index is 1100. The molecule has 2 fully saturated rings. The van der Waals surface area contributed by atoms with Crippen LogP contribution < -0.4 is 11.1 Å². The number of carbonyl (C=O) groups is 1. The third-order valence-electron chi connectivity index (χ3n) is 6.60. The molecule has 164 valence electrons. The van der Waals surface area contributed by atoms with Crippen LogP contribution in [0.4, 0.5) is 0 Å². The highest BCUT2D eigenvalue weighted by molar-refractivity contribution is 7.89. The largest absolute Gasteiger partial charge is 0.419 e. The van der Waals surface area contributed by atoms with Gasteiger partial charge in [0.1, 0.15) is 0 Å². The number of aromatic nitrogens is 1. The molecular weight excluding hydrogens is 406 g/mol. The van der Waals surface area contributed by atoms with Crippen LogP contribution in [0.25, 0.3) is 11.1 Å². The van der Waals surface area contributed by atoms with Crippen molar-refractivity contribution in [2.24, 2.45) is 18.9 Å². The minimum atomic E-state index is -3.79. The predicted octanol–water partition coefficient (Wildman–Crippen LogP) is 2.23. The smallest absolute Gasteiger partial charge is 0.408 e. The van der Waals surface area contributed by atoms with E-state index in [-0.39, 0.29) is 34.9 Å². The highest BCUT2D eigenvalue weighted by atomic mass is 32.2. The maximum atomic E-state index is 13.2. The van der Waals surface area contributed by atoms with Gasteiger partial charge in [-0.2, -0.15) is 4.31 Å². The molecule has 8 nitrogen and oxygen atoms in total. The summed E-state index contributed by atoms with van der Waals surface area (Å²) in [7, 11) is -2.21. The zero-order valence-electron chi connectivity index (χ0n) is 17.5. The summed E-state index contributed by atoms with van der Waals surface area (Å²) in [5.41, 5.74) is 0.776. The summed E-state index contributed by atoms with van der Waals surface area (Å²) in [6.07, 6.45) is 5.76. The molecule has 2 aliphatic rings. The molecule has 1 aliphatic carbocycles. The Morgan fingerprint density at radius 3 is 2.70 bits per heavy atom. The van der Waals surface area contributed by atoms with E-state index >= 15 is 0 Å². The van der Waals surface area contributed by atoms with Gasteiger partial charge in [-0.15, -0.1) is 0 Å². The molecule has 9 heteroatoms. The van der Waals surface area contributed by atoms with E-state index in [1.165, 1.54) is 27.4 Å². The van der Waals surface area contributed by atoms with E-state index in [4.69, 9.17) is 4.42 Å². The Morgan fingerprint density at radius 2 is 1.93 bits per heavy atom. The van der Waals surface area contributed by atoms with Gasteiger partial charge < -0.3 is 9.73 Å². The van der Waals surface area contributed by atoms with Crippen molar-refractivity contribution in [3.8, 4) is 0 Å². The second kappa shape index (κ2) is 8.19. The molecule has 2 heterocycles. The van der Waals surface area contributed by atoms with E-state index in [2.05, 4.69) is 12.2 Å². The molecule has 0 radical (unpaired) electrons. The number of piperidine rings is 1. The lowest BCUT2D eigenvalue weighted by molar-refractivity contribution is -0.127. The van der Waals surface area contributed by atoms with Gasteiger partial charge in [-0.25, -0.2) is 13.2 Å². The summed E-state index contributed by atoms with van der Waals surface area (Å²) >= 11 is 0. The molecule has 1 saturated carbocycles. The minimum Gasteiger partial charge on any atom is -0.408 e. The van der Waals surface area contributed by atoms with Crippen molar-refractivity contribution in [1.82, 2.24) is 14.2 Å². The average Bonchev–Trinajstić information content (AvgIpc) is 3.03. The van der Waals surface area contributed by atoms with Crippen LogP contribution in [0.5, 0.6) is 0 Å². The van der Waals surface area contributed by atoms with E-state index < -0.39 is 15.8 Å². The molecule has 1 N–H and O–H groups in total. The summed E-state index contributed by atoms with van der Waals surface area (Å²) in [4.78, 5) is 24.6. The Labute approximate surface area is 176 Å². The van der Waals surface area contributed by atoms with Crippen molar-refractivity contribution in [2.45, 2.75) is 56.4 Å². The number of fused-ring (bicyclic) bond motifs is 1. The standard InChI is InChI=1S/C21H29N3O5S/c1-14-6-3-4-8-17(14)22-20(25)15-7-5-11-24(13-15)30(27,28)16-9-10-18-19(12-16)29-21(26)23(18)2/h9-10,12,14-15,17H,3-8,11,13H2,1-2H3,(H,22,25)/t14-,15+,17+/m1/s1.